The summed E-state index contributed by atoms with van der Waals surface area (Å²) in [6, 6.07) is 3.47. The third-order valence-corrected chi connectivity index (χ3v) is 4.59. The van der Waals surface area contributed by atoms with Crippen LogP contribution in [0, 0.1) is 0 Å². The number of ether oxygens (including phenoxy) is 2. The fourth-order valence-corrected chi connectivity index (χ4v) is 3.34. The molecule has 1 aliphatic rings. The molecule has 1 N–H and O–H groups in total. The van der Waals surface area contributed by atoms with Crippen molar-refractivity contribution >= 4 is 14.2 Å². The third kappa shape index (κ3) is 2.59. The molecule has 0 saturated carbocycles. The monoisotopic (exact) mass is 284 g/mol. The molecule has 5 nitrogen and oxygen atoms in total. The maximum Gasteiger partial charge on any atom is 0.179 e. The van der Waals surface area contributed by atoms with Gasteiger partial charge in [0.1, 0.15) is 0 Å². The van der Waals surface area contributed by atoms with E-state index in [2.05, 4.69) is 0 Å². The van der Waals surface area contributed by atoms with Gasteiger partial charge in [-0.3, -0.25) is 4.79 Å². The quantitative estimate of drug-likeness (QED) is 0.839. The van der Waals surface area contributed by atoms with Gasteiger partial charge in [-0.2, -0.15) is 0 Å². The summed E-state index contributed by atoms with van der Waals surface area (Å²) in [5.41, 5.74) is 0.972. The lowest BCUT2D eigenvalue weighted by atomic mass is 10.1. The summed E-state index contributed by atoms with van der Waals surface area (Å²) >= 11 is 0. The van der Waals surface area contributed by atoms with Gasteiger partial charge < -0.3 is 18.9 Å². The molecule has 2 atom stereocenters. The van der Waals surface area contributed by atoms with Gasteiger partial charge in [-0.25, -0.2) is 0 Å². The van der Waals surface area contributed by atoms with Gasteiger partial charge in [0, 0.05) is 5.56 Å². The number of hydrogen-bond acceptors (Lipinski definition) is 5. The lowest BCUT2D eigenvalue weighted by Gasteiger charge is -2.14. The Morgan fingerprint density at radius 2 is 1.95 bits per heavy atom. The van der Waals surface area contributed by atoms with E-state index < -0.39 is 14.0 Å². The number of benzene rings is 1. The number of Topliss-reactive ketones (excluding diaryl/α,β-unsaturated/α-hetero) is 1. The number of fused-ring (bicyclic) bond motifs is 1. The second kappa shape index (κ2) is 5.87. The molecular formula is C13H17O5P. The smallest absolute Gasteiger partial charge is 0.179 e. The van der Waals surface area contributed by atoms with Crippen LogP contribution in [0.3, 0.4) is 0 Å². The average Bonchev–Trinajstić information content (AvgIpc) is 2.74. The predicted molar refractivity (Wildman–Crippen MR) is 72.1 cm³/mol. The minimum Gasteiger partial charge on any atom is -0.493 e. The SMILES string of the molecule is CCOP(O)C1Cc2cc(OC)c(OC)cc2C1=O. The van der Waals surface area contributed by atoms with Crippen molar-refractivity contribution in [2.75, 3.05) is 20.8 Å². The predicted octanol–water partition coefficient (Wildman–Crippen LogP) is 2.15. The molecule has 6 heteroatoms. The van der Waals surface area contributed by atoms with E-state index in [4.69, 9.17) is 14.0 Å². The van der Waals surface area contributed by atoms with Gasteiger partial charge in [0.05, 0.1) is 26.5 Å². The van der Waals surface area contributed by atoms with E-state index in [0.29, 0.717) is 30.1 Å². The molecule has 0 bridgehead atoms. The van der Waals surface area contributed by atoms with Gasteiger partial charge in [-0.1, -0.05) is 0 Å². The van der Waals surface area contributed by atoms with Crippen LogP contribution in [0.1, 0.15) is 22.8 Å². The van der Waals surface area contributed by atoms with Gasteiger partial charge in [0.25, 0.3) is 0 Å². The molecule has 0 aromatic heterocycles. The molecule has 0 aliphatic heterocycles. The minimum absolute atomic E-state index is 0.0852. The lowest BCUT2D eigenvalue weighted by molar-refractivity contribution is 0.0991. The van der Waals surface area contributed by atoms with Crippen LogP contribution in [0.25, 0.3) is 0 Å². The standard InChI is InChI=1S/C13H17O5P/c1-4-18-19(15)12-6-8-5-10(16-2)11(17-3)7-9(8)13(12)14/h5,7,12,15H,4,6H2,1-3H3. The highest BCUT2D eigenvalue weighted by Gasteiger charge is 2.37. The molecule has 0 amide bonds. The molecule has 0 spiro atoms. The van der Waals surface area contributed by atoms with Crippen molar-refractivity contribution in [2.24, 2.45) is 0 Å². The van der Waals surface area contributed by atoms with Gasteiger partial charge in [0.15, 0.2) is 25.7 Å². The van der Waals surface area contributed by atoms with E-state index in [1.165, 1.54) is 7.11 Å². The number of carbonyl (C=O) groups excluding carboxylic acids is 1. The van der Waals surface area contributed by atoms with Crippen LogP contribution >= 0.6 is 8.38 Å². The molecule has 0 fully saturated rings. The van der Waals surface area contributed by atoms with Crippen molar-refractivity contribution in [2.45, 2.75) is 19.0 Å². The van der Waals surface area contributed by atoms with Gasteiger partial charge in [-0.05, 0) is 31.0 Å². The molecule has 1 aromatic rings. The van der Waals surface area contributed by atoms with Crippen LogP contribution in [-0.4, -0.2) is 37.2 Å². The summed E-state index contributed by atoms with van der Waals surface area (Å²) in [5, 5.41) is 0. The Morgan fingerprint density at radius 3 is 2.53 bits per heavy atom. The maximum atomic E-state index is 12.3. The molecule has 1 aliphatic carbocycles. The van der Waals surface area contributed by atoms with Crippen molar-refractivity contribution in [1.82, 2.24) is 0 Å². The highest BCUT2D eigenvalue weighted by Crippen LogP contribution is 2.46. The summed E-state index contributed by atoms with van der Waals surface area (Å²) in [5.74, 6) is 1.03. The number of hydrogen-bond donors (Lipinski definition) is 1. The zero-order chi connectivity index (χ0) is 14.0. The average molecular weight is 284 g/mol. The largest absolute Gasteiger partial charge is 0.493 e. The summed E-state index contributed by atoms with van der Waals surface area (Å²) < 4.78 is 15.6. The van der Waals surface area contributed by atoms with Gasteiger partial charge in [0.2, 0.25) is 0 Å². The van der Waals surface area contributed by atoms with Crippen molar-refractivity contribution in [3.8, 4) is 11.5 Å². The first kappa shape index (κ1) is 14.3. The highest BCUT2D eigenvalue weighted by atomic mass is 31.2. The van der Waals surface area contributed by atoms with Gasteiger partial charge in [-0.15, -0.1) is 0 Å². The molecule has 1 aromatic carbocycles. The van der Waals surface area contributed by atoms with Crippen molar-refractivity contribution in [1.29, 1.82) is 0 Å². The zero-order valence-electron chi connectivity index (χ0n) is 11.2. The Morgan fingerprint density at radius 1 is 1.32 bits per heavy atom. The Bertz CT molecular complexity index is 488. The zero-order valence-corrected chi connectivity index (χ0v) is 12.1. The topological polar surface area (TPSA) is 65.0 Å². The fraction of sp³-hybridized carbons (Fsp3) is 0.462. The number of methoxy groups -OCH3 is 2. The molecule has 2 unspecified atom stereocenters. The van der Waals surface area contributed by atoms with E-state index in [1.807, 2.05) is 0 Å². The van der Waals surface area contributed by atoms with Crippen LogP contribution in [0.15, 0.2) is 12.1 Å². The maximum absolute atomic E-state index is 12.3. The van der Waals surface area contributed by atoms with E-state index in [-0.39, 0.29) is 5.78 Å². The molecule has 0 heterocycles. The van der Waals surface area contributed by atoms with Crippen molar-refractivity contribution < 1.29 is 23.7 Å². The van der Waals surface area contributed by atoms with Crippen LogP contribution in [0.5, 0.6) is 11.5 Å². The molecule has 0 radical (unpaired) electrons. The Balaban J connectivity index is 2.32. The third-order valence-electron chi connectivity index (χ3n) is 3.12. The Hall–Kier alpha value is -1.16. The van der Waals surface area contributed by atoms with Crippen molar-refractivity contribution in [3.05, 3.63) is 23.3 Å². The molecular weight excluding hydrogens is 267 g/mol. The summed E-state index contributed by atoms with van der Waals surface area (Å²) in [7, 11) is 1.35. The number of ketones is 1. The first-order chi connectivity index (χ1) is 9.12. The van der Waals surface area contributed by atoms with Crippen LogP contribution in [-0.2, 0) is 10.9 Å². The second-order valence-corrected chi connectivity index (χ2v) is 5.66. The van der Waals surface area contributed by atoms with E-state index >= 15 is 0 Å². The molecule has 2 rings (SSSR count). The molecule has 104 valence electrons. The number of carbonyl (C=O) groups is 1. The molecule has 19 heavy (non-hydrogen) atoms. The normalized spacial score (nSPS) is 19.2. The lowest BCUT2D eigenvalue weighted by Crippen LogP contribution is -2.15. The summed E-state index contributed by atoms with van der Waals surface area (Å²) in [4.78, 5) is 22.2. The Labute approximate surface area is 113 Å². The second-order valence-electron chi connectivity index (χ2n) is 4.17. The first-order valence-electron chi connectivity index (χ1n) is 6.02. The van der Waals surface area contributed by atoms with E-state index in [1.54, 1.807) is 26.2 Å². The van der Waals surface area contributed by atoms with E-state index in [9.17, 15) is 9.69 Å². The van der Waals surface area contributed by atoms with Crippen LogP contribution in [0.2, 0.25) is 0 Å². The van der Waals surface area contributed by atoms with E-state index in [0.717, 1.165) is 5.56 Å². The molecule has 0 saturated heterocycles. The Kier molecular flexibility index (Phi) is 4.40. The first-order valence-corrected chi connectivity index (χ1v) is 7.30. The van der Waals surface area contributed by atoms with Crippen LogP contribution < -0.4 is 9.47 Å². The highest BCUT2D eigenvalue weighted by molar-refractivity contribution is 7.48. The minimum atomic E-state index is -1.73. The van der Waals surface area contributed by atoms with Crippen LogP contribution in [0.4, 0.5) is 0 Å². The summed E-state index contributed by atoms with van der Waals surface area (Å²) in [6.07, 6.45) is 0.483. The fourth-order valence-electron chi connectivity index (χ4n) is 2.20. The number of rotatable bonds is 5. The van der Waals surface area contributed by atoms with Gasteiger partial charge >= 0.3 is 0 Å². The summed E-state index contributed by atoms with van der Waals surface area (Å²) in [6.45, 7) is 2.19. The van der Waals surface area contributed by atoms with Crippen molar-refractivity contribution in [3.63, 3.8) is 0 Å².